The number of carbonyl (C=O) groups excluding carboxylic acids is 2. The number of amides is 1. The molecule has 1 N–H and O–H groups in total. The summed E-state index contributed by atoms with van der Waals surface area (Å²) in [6, 6.07) is 13.1. The van der Waals surface area contributed by atoms with E-state index < -0.39 is 23.4 Å². The van der Waals surface area contributed by atoms with Gasteiger partial charge in [-0.15, -0.1) is 0 Å². The van der Waals surface area contributed by atoms with Gasteiger partial charge in [0.2, 0.25) is 0 Å². The molecule has 2 aromatic rings. The first kappa shape index (κ1) is 19.4. The predicted octanol–water partition coefficient (Wildman–Crippen LogP) is 3.92. The predicted molar refractivity (Wildman–Crippen MR) is 97.2 cm³/mol. The van der Waals surface area contributed by atoms with Crippen LogP contribution in [0.5, 0.6) is 0 Å². The smallest absolute Gasteiger partial charge is 0.306 e. The lowest BCUT2D eigenvalue weighted by Crippen LogP contribution is -2.21. The summed E-state index contributed by atoms with van der Waals surface area (Å²) in [5, 5.41) is 13.3. The van der Waals surface area contributed by atoms with Crippen LogP contribution in [0.1, 0.15) is 24.8 Å². The highest BCUT2D eigenvalue weighted by Crippen LogP contribution is 2.26. The minimum Gasteiger partial charge on any atom is -0.456 e. The quantitative estimate of drug-likeness (QED) is 0.448. The Kier molecular flexibility index (Phi) is 6.68. The van der Waals surface area contributed by atoms with Crippen LogP contribution in [0, 0.1) is 10.1 Å². The van der Waals surface area contributed by atoms with E-state index in [4.69, 9.17) is 16.3 Å². The van der Waals surface area contributed by atoms with Crippen molar-refractivity contribution in [1.82, 2.24) is 0 Å². The number of nitrogens with zero attached hydrogens (tertiary/aromatic N) is 1. The van der Waals surface area contributed by atoms with E-state index in [1.54, 1.807) is 0 Å². The molecular weight excluding hydrogens is 360 g/mol. The second kappa shape index (κ2) is 8.96. The number of benzene rings is 2. The van der Waals surface area contributed by atoms with Crippen LogP contribution in [0.4, 0.5) is 11.4 Å². The number of hydrogen-bond donors (Lipinski definition) is 1. The van der Waals surface area contributed by atoms with Gasteiger partial charge in [-0.05, 0) is 17.5 Å². The lowest BCUT2D eigenvalue weighted by atomic mass is 9.98. The molecule has 0 saturated heterocycles. The first-order valence-electron chi connectivity index (χ1n) is 7.81. The number of non-ortho nitro benzene ring substituents is 1. The largest absolute Gasteiger partial charge is 0.456 e. The SMILES string of the molecule is CC(CC(=O)OCC(=O)Nc1cc([N+](=O)[O-])ccc1Cl)c1ccccc1. The molecule has 1 amide bonds. The van der Waals surface area contributed by atoms with E-state index >= 15 is 0 Å². The minimum absolute atomic E-state index is 0.0435. The van der Waals surface area contributed by atoms with Crippen LogP contribution >= 0.6 is 11.6 Å². The van der Waals surface area contributed by atoms with Crippen molar-refractivity contribution in [1.29, 1.82) is 0 Å². The van der Waals surface area contributed by atoms with Gasteiger partial charge in [-0.2, -0.15) is 0 Å². The zero-order valence-electron chi connectivity index (χ0n) is 14.0. The van der Waals surface area contributed by atoms with Crippen LogP contribution in [0.25, 0.3) is 0 Å². The second-order valence-corrected chi connectivity index (χ2v) is 6.05. The standard InChI is InChI=1S/C18H17ClN2O5/c1-12(13-5-3-2-4-6-13)9-18(23)26-11-17(22)20-16-10-14(21(24)25)7-8-15(16)19/h2-8,10,12H,9,11H2,1H3,(H,20,22). The monoisotopic (exact) mass is 376 g/mol. The fourth-order valence-corrected chi connectivity index (χ4v) is 2.43. The third kappa shape index (κ3) is 5.56. The van der Waals surface area contributed by atoms with E-state index in [1.807, 2.05) is 37.3 Å². The van der Waals surface area contributed by atoms with Crippen LogP contribution in [0.15, 0.2) is 48.5 Å². The molecule has 0 radical (unpaired) electrons. The minimum atomic E-state index is -0.631. The van der Waals surface area contributed by atoms with Gasteiger partial charge in [0.25, 0.3) is 11.6 Å². The van der Waals surface area contributed by atoms with Crippen LogP contribution in [-0.4, -0.2) is 23.4 Å². The van der Waals surface area contributed by atoms with Gasteiger partial charge in [0.05, 0.1) is 22.1 Å². The average molecular weight is 377 g/mol. The molecule has 0 aliphatic rings. The topological polar surface area (TPSA) is 98.5 Å². The van der Waals surface area contributed by atoms with Gasteiger partial charge in [0.15, 0.2) is 6.61 Å². The van der Waals surface area contributed by atoms with Gasteiger partial charge >= 0.3 is 5.97 Å². The Morgan fingerprint density at radius 2 is 1.92 bits per heavy atom. The molecule has 7 nitrogen and oxygen atoms in total. The lowest BCUT2D eigenvalue weighted by Gasteiger charge is -2.12. The number of nitro benzene ring substituents is 1. The number of nitro groups is 1. The maximum absolute atomic E-state index is 11.9. The van der Waals surface area contributed by atoms with E-state index in [0.717, 1.165) is 11.6 Å². The highest BCUT2D eigenvalue weighted by atomic mass is 35.5. The molecule has 0 aliphatic carbocycles. The number of hydrogen-bond acceptors (Lipinski definition) is 5. The molecule has 0 bridgehead atoms. The summed E-state index contributed by atoms with van der Waals surface area (Å²) in [5.74, 6) is -1.19. The van der Waals surface area contributed by atoms with Crippen molar-refractivity contribution in [3.8, 4) is 0 Å². The highest BCUT2D eigenvalue weighted by Gasteiger charge is 2.15. The summed E-state index contributed by atoms with van der Waals surface area (Å²) in [6.07, 6.45) is 0.134. The fraction of sp³-hybridized carbons (Fsp3) is 0.222. The van der Waals surface area contributed by atoms with Gasteiger partial charge in [-0.25, -0.2) is 0 Å². The first-order valence-corrected chi connectivity index (χ1v) is 8.19. The summed E-state index contributed by atoms with van der Waals surface area (Å²) < 4.78 is 4.96. The van der Waals surface area contributed by atoms with Gasteiger partial charge < -0.3 is 10.1 Å². The number of rotatable bonds is 7. The molecule has 1 unspecified atom stereocenters. The van der Waals surface area contributed by atoms with Crippen molar-refractivity contribution < 1.29 is 19.2 Å². The molecule has 2 rings (SSSR count). The van der Waals surface area contributed by atoms with Gasteiger partial charge in [-0.3, -0.25) is 19.7 Å². The Morgan fingerprint density at radius 1 is 1.23 bits per heavy atom. The Balaban J connectivity index is 1.86. The number of nitrogens with one attached hydrogen (secondary N) is 1. The van der Waals surface area contributed by atoms with Gasteiger partial charge in [0, 0.05) is 12.1 Å². The van der Waals surface area contributed by atoms with Crippen LogP contribution < -0.4 is 5.32 Å². The molecular formula is C18H17ClN2O5. The third-order valence-corrected chi connectivity index (χ3v) is 3.97. The maximum Gasteiger partial charge on any atom is 0.306 e. The van der Waals surface area contributed by atoms with Crippen LogP contribution in [-0.2, 0) is 14.3 Å². The Labute approximate surface area is 155 Å². The summed E-state index contributed by atoms with van der Waals surface area (Å²) >= 11 is 5.90. The Morgan fingerprint density at radius 3 is 2.58 bits per heavy atom. The molecule has 8 heteroatoms. The normalized spacial score (nSPS) is 11.5. The van der Waals surface area contributed by atoms with Crippen molar-refractivity contribution in [2.45, 2.75) is 19.3 Å². The summed E-state index contributed by atoms with van der Waals surface area (Å²) in [5.41, 5.74) is 0.871. The molecule has 136 valence electrons. The van der Waals surface area contributed by atoms with Crippen LogP contribution in [0.2, 0.25) is 5.02 Å². The number of carbonyl (C=O) groups is 2. The number of ether oxygens (including phenoxy) is 1. The average Bonchev–Trinajstić information content (AvgIpc) is 2.62. The Bertz CT molecular complexity index is 810. The van der Waals surface area contributed by atoms with E-state index in [-0.39, 0.29) is 28.7 Å². The number of esters is 1. The molecule has 0 aliphatic heterocycles. The summed E-state index contributed by atoms with van der Waals surface area (Å²) in [7, 11) is 0. The molecule has 0 fully saturated rings. The number of anilines is 1. The van der Waals surface area contributed by atoms with Crippen molar-refractivity contribution >= 4 is 34.9 Å². The molecule has 0 spiro atoms. The Hall–Kier alpha value is -2.93. The summed E-state index contributed by atoms with van der Waals surface area (Å²) in [6.45, 7) is 1.39. The highest BCUT2D eigenvalue weighted by molar-refractivity contribution is 6.33. The fourth-order valence-electron chi connectivity index (χ4n) is 2.26. The molecule has 26 heavy (non-hydrogen) atoms. The van der Waals surface area contributed by atoms with Crippen molar-refractivity contribution in [2.75, 3.05) is 11.9 Å². The van der Waals surface area contributed by atoms with E-state index in [0.29, 0.717) is 0 Å². The molecule has 1 atom stereocenters. The lowest BCUT2D eigenvalue weighted by molar-refractivity contribution is -0.384. The van der Waals surface area contributed by atoms with E-state index in [2.05, 4.69) is 5.32 Å². The van der Waals surface area contributed by atoms with Gasteiger partial charge in [-0.1, -0.05) is 48.9 Å². The summed E-state index contributed by atoms with van der Waals surface area (Å²) in [4.78, 5) is 33.9. The van der Waals surface area contributed by atoms with Crippen molar-refractivity contribution in [2.24, 2.45) is 0 Å². The molecule has 0 saturated carbocycles. The molecule has 2 aromatic carbocycles. The van der Waals surface area contributed by atoms with Crippen molar-refractivity contribution in [3.63, 3.8) is 0 Å². The molecule has 0 aromatic heterocycles. The maximum atomic E-state index is 11.9. The third-order valence-electron chi connectivity index (χ3n) is 3.64. The first-order chi connectivity index (χ1) is 12.4. The number of halogens is 1. The van der Waals surface area contributed by atoms with Gasteiger partial charge in [0.1, 0.15) is 0 Å². The van der Waals surface area contributed by atoms with Crippen LogP contribution in [0.3, 0.4) is 0 Å². The zero-order valence-corrected chi connectivity index (χ0v) is 14.7. The van der Waals surface area contributed by atoms with E-state index in [1.165, 1.54) is 12.1 Å². The van der Waals surface area contributed by atoms with E-state index in [9.17, 15) is 19.7 Å². The second-order valence-electron chi connectivity index (χ2n) is 5.65. The van der Waals surface area contributed by atoms with Crippen molar-refractivity contribution in [3.05, 3.63) is 69.2 Å². The molecule has 0 heterocycles. The zero-order chi connectivity index (χ0) is 19.1.